The number of hydrogen-bond donors (Lipinski definition) is 1. The van der Waals surface area contributed by atoms with Crippen LogP contribution in [0.4, 0.5) is 18.9 Å². The number of benzene rings is 2. The highest BCUT2D eigenvalue weighted by Gasteiger charge is 2.18. The van der Waals surface area contributed by atoms with Gasteiger partial charge in [0.15, 0.2) is 17.5 Å². The molecule has 1 N–H and O–H groups in total. The van der Waals surface area contributed by atoms with Crippen molar-refractivity contribution in [2.24, 2.45) is 0 Å². The minimum absolute atomic E-state index is 0.256. The molecule has 0 aliphatic carbocycles. The van der Waals surface area contributed by atoms with Crippen molar-refractivity contribution in [2.75, 3.05) is 32.6 Å². The lowest BCUT2D eigenvalue weighted by atomic mass is 10.1. The molecule has 0 fully saturated rings. The summed E-state index contributed by atoms with van der Waals surface area (Å²) in [7, 11) is 3.00. The molecule has 2 aromatic carbocycles. The highest BCUT2D eigenvalue weighted by molar-refractivity contribution is 5.98. The van der Waals surface area contributed by atoms with Crippen LogP contribution in [-0.2, 0) is 9.59 Å². The highest BCUT2D eigenvalue weighted by Crippen LogP contribution is 2.25. The number of amides is 2. The third-order valence-electron chi connectivity index (χ3n) is 4.29. The minimum Gasteiger partial charge on any atom is -0.497 e. The van der Waals surface area contributed by atoms with Crippen LogP contribution in [0.15, 0.2) is 36.4 Å². The molecule has 166 valence electrons. The molecular weight excluding hydrogens is 413 g/mol. The lowest BCUT2D eigenvalue weighted by Gasteiger charge is -2.20. The zero-order chi connectivity index (χ0) is 23.0. The van der Waals surface area contributed by atoms with Gasteiger partial charge < -0.3 is 19.7 Å². The van der Waals surface area contributed by atoms with Crippen molar-refractivity contribution in [3.05, 3.63) is 59.4 Å². The molecule has 0 bridgehead atoms. The summed E-state index contributed by atoms with van der Waals surface area (Å²) >= 11 is 0. The lowest BCUT2D eigenvalue weighted by Crippen LogP contribution is -2.37. The molecule has 0 saturated heterocycles. The molecule has 31 heavy (non-hydrogen) atoms. The fourth-order valence-electron chi connectivity index (χ4n) is 2.76. The van der Waals surface area contributed by atoms with Crippen LogP contribution in [0.1, 0.15) is 18.9 Å². The fourth-order valence-corrected chi connectivity index (χ4v) is 2.76. The maximum absolute atomic E-state index is 13.8. The first-order valence-corrected chi connectivity index (χ1v) is 9.43. The van der Waals surface area contributed by atoms with Crippen molar-refractivity contribution in [1.82, 2.24) is 4.90 Å². The van der Waals surface area contributed by atoms with Gasteiger partial charge in [0, 0.05) is 18.2 Å². The summed E-state index contributed by atoms with van der Waals surface area (Å²) in [5.74, 6) is -4.67. The van der Waals surface area contributed by atoms with E-state index in [9.17, 15) is 22.8 Å². The van der Waals surface area contributed by atoms with E-state index in [0.29, 0.717) is 29.5 Å². The Morgan fingerprint density at radius 1 is 1.06 bits per heavy atom. The second-order valence-corrected chi connectivity index (χ2v) is 6.47. The summed E-state index contributed by atoms with van der Waals surface area (Å²) in [5.41, 5.74) is 0.0874. The third-order valence-corrected chi connectivity index (χ3v) is 4.29. The number of ether oxygens (including phenoxy) is 2. The molecular formula is C22H23F3N2O4. The Balaban J connectivity index is 2.13. The van der Waals surface area contributed by atoms with Gasteiger partial charge in [-0.1, -0.05) is 6.92 Å². The molecule has 0 aromatic heterocycles. The number of rotatable bonds is 9. The first-order chi connectivity index (χ1) is 14.8. The van der Waals surface area contributed by atoms with Crippen molar-refractivity contribution in [3.63, 3.8) is 0 Å². The van der Waals surface area contributed by atoms with Gasteiger partial charge in [-0.2, -0.15) is 0 Å². The van der Waals surface area contributed by atoms with E-state index >= 15 is 0 Å². The molecule has 2 amide bonds. The molecule has 0 saturated carbocycles. The number of halogens is 3. The third kappa shape index (κ3) is 6.24. The van der Waals surface area contributed by atoms with E-state index in [1.54, 1.807) is 18.2 Å². The van der Waals surface area contributed by atoms with Crippen LogP contribution in [0.5, 0.6) is 11.5 Å². The first-order valence-electron chi connectivity index (χ1n) is 9.43. The Kier molecular flexibility index (Phi) is 8.48. The maximum Gasteiger partial charge on any atom is 0.247 e. The van der Waals surface area contributed by atoms with Crippen molar-refractivity contribution in [2.45, 2.75) is 13.3 Å². The number of carbonyl (C=O) groups is 2. The number of hydrogen-bond acceptors (Lipinski definition) is 4. The van der Waals surface area contributed by atoms with Crippen molar-refractivity contribution in [1.29, 1.82) is 0 Å². The van der Waals surface area contributed by atoms with Crippen LogP contribution < -0.4 is 14.8 Å². The number of nitrogens with zero attached hydrogens (tertiary/aromatic N) is 1. The summed E-state index contributed by atoms with van der Waals surface area (Å²) in [4.78, 5) is 26.1. The predicted octanol–water partition coefficient (Wildman–Crippen LogP) is 4.01. The Hall–Kier alpha value is -3.49. The van der Waals surface area contributed by atoms with Gasteiger partial charge in [0.1, 0.15) is 18.0 Å². The Morgan fingerprint density at radius 3 is 2.45 bits per heavy atom. The molecule has 9 heteroatoms. The van der Waals surface area contributed by atoms with Gasteiger partial charge in [-0.05, 0) is 42.8 Å². The van der Waals surface area contributed by atoms with Gasteiger partial charge in [-0.15, -0.1) is 0 Å². The van der Waals surface area contributed by atoms with Crippen LogP contribution in [0.3, 0.4) is 0 Å². The normalized spacial score (nSPS) is 10.8. The van der Waals surface area contributed by atoms with Gasteiger partial charge in [0.25, 0.3) is 0 Å². The van der Waals surface area contributed by atoms with Crippen LogP contribution >= 0.6 is 0 Å². The number of nitrogens with one attached hydrogen (secondary N) is 1. The SMILES string of the molecule is CCCN(CC(=O)Nc1ccc(F)c(F)c1F)C(=O)/C=C/c1cc(OC)ccc1OC. The smallest absolute Gasteiger partial charge is 0.247 e. The van der Waals surface area contributed by atoms with Gasteiger partial charge in [-0.25, -0.2) is 13.2 Å². The molecule has 2 rings (SSSR count). The molecule has 0 radical (unpaired) electrons. The zero-order valence-corrected chi connectivity index (χ0v) is 17.4. The Bertz CT molecular complexity index is 979. The minimum atomic E-state index is -1.69. The molecule has 0 spiro atoms. The Morgan fingerprint density at radius 2 is 1.81 bits per heavy atom. The zero-order valence-electron chi connectivity index (χ0n) is 17.4. The van der Waals surface area contributed by atoms with Gasteiger partial charge in [0.2, 0.25) is 11.8 Å². The van der Waals surface area contributed by atoms with Crippen molar-refractivity contribution >= 4 is 23.6 Å². The van der Waals surface area contributed by atoms with Gasteiger partial charge >= 0.3 is 0 Å². The van der Waals surface area contributed by atoms with E-state index in [1.807, 2.05) is 6.92 Å². The number of methoxy groups -OCH3 is 2. The van der Waals surface area contributed by atoms with Crippen molar-refractivity contribution < 1.29 is 32.2 Å². The summed E-state index contributed by atoms with van der Waals surface area (Å²) in [6, 6.07) is 6.70. The fraction of sp³-hybridized carbons (Fsp3) is 0.273. The quantitative estimate of drug-likeness (QED) is 0.477. The number of carbonyl (C=O) groups excluding carboxylic acids is 2. The van der Waals surface area contributed by atoms with Gasteiger partial charge in [0.05, 0.1) is 19.9 Å². The summed E-state index contributed by atoms with van der Waals surface area (Å²) < 4.78 is 50.6. The lowest BCUT2D eigenvalue weighted by molar-refractivity contribution is -0.130. The van der Waals surface area contributed by atoms with Crippen LogP contribution in [0.2, 0.25) is 0 Å². The average Bonchev–Trinajstić information content (AvgIpc) is 2.77. The van der Waals surface area contributed by atoms with E-state index in [-0.39, 0.29) is 6.54 Å². The van der Waals surface area contributed by atoms with E-state index in [1.165, 1.54) is 31.3 Å². The second-order valence-electron chi connectivity index (χ2n) is 6.47. The van der Waals surface area contributed by atoms with Crippen molar-refractivity contribution in [3.8, 4) is 11.5 Å². The average molecular weight is 436 g/mol. The monoisotopic (exact) mass is 436 g/mol. The largest absolute Gasteiger partial charge is 0.497 e. The molecule has 0 unspecified atom stereocenters. The summed E-state index contributed by atoms with van der Waals surface area (Å²) in [6.45, 7) is 1.68. The van der Waals surface area contributed by atoms with E-state index in [2.05, 4.69) is 5.32 Å². The maximum atomic E-state index is 13.8. The van der Waals surface area contributed by atoms with Crippen LogP contribution in [0, 0.1) is 17.5 Å². The van der Waals surface area contributed by atoms with E-state index < -0.39 is 41.5 Å². The standard InChI is InChI=1S/C22H23F3N2O4/c1-4-11-27(13-19(28)26-17-8-7-16(23)21(24)22(17)25)20(29)10-5-14-12-15(30-2)6-9-18(14)31-3/h5-10,12H,4,11,13H2,1-3H3,(H,26,28)/b10-5+. The number of anilines is 1. The van der Waals surface area contributed by atoms with Gasteiger partial charge in [-0.3, -0.25) is 9.59 Å². The summed E-state index contributed by atoms with van der Waals surface area (Å²) in [6.07, 6.45) is 3.37. The Labute approximate surface area is 178 Å². The molecule has 0 heterocycles. The summed E-state index contributed by atoms with van der Waals surface area (Å²) in [5, 5.41) is 2.15. The second kappa shape index (κ2) is 11.1. The highest BCUT2D eigenvalue weighted by atomic mass is 19.2. The predicted molar refractivity (Wildman–Crippen MR) is 110 cm³/mol. The molecule has 0 aliphatic rings. The molecule has 6 nitrogen and oxygen atoms in total. The topological polar surface area (TPSA) is 67.9 Å². The van der Waals surface area contributed by atoms with Crippen LogP contribution in [-0.4, -0.2) is 44.0 Å². The molecule has 0 atom stereocenters. The molecule has 0 aliphatic heterocycles. The molecule has 2 aromatic rings. The first kappa shape index (κ1) is 23.8. The van der Waals surface area contributed by atoms with E-state index in [0.717, 1.165) is 6.07 Å². The van der Waals surface area contributed by atoms with Crippen LogP contribution in [0.25, 0.3) is 6.08 Å². The van der Waals surface area contributed by atoms with E-state index in [4.69, 9.17) is 9.47 Å².